The first-order valence-corrected chi connectivity index (χ1v) is 4.18. The van der Waals surface area contributed by atoms with Crippen LogP contribution in [0.25, 0.3) is 0 Å². The van der Waals surface area contributed by atoms with Crippen LogP contribution in [0.3, 0.4) is 0 Å². The van der Waals surface area contributed by atoms with Gasteiger partial charge in [0.2, 0.25) is 0 Å². The lowest BCUT2D eigenvalue weighted by atomic mass is 9.98. The molecule has 0 aliphatic heterocycles. The van der Waals surface area contributed by atoms with E-state index in [4.69, 9.17) is 31.0 Å². The standard InChI is InChI=1S/C6H11BCl2/c7-5-6(9)3-1-2-4-8/h6H,1-5H2. The van der Waals surface area contributed by atoms with Crippen molar-refractivity contribution in [3.63, 3.8) is 0 Å². The van der Waals surface area contributed by atoms with E-state index in [0.29, 0.717) is 6.32 Å². The van der Waals surface area contributed by atoms with Crippen molar-refractivity contribution >= 4 is 31.0 Å². The maximum Gasteiger partial charge on any atom is 0.0672 e. The Morgan fingerprint density at radius 2 is 2.00 bits per heavy atom. The van der Waals surface area contributed by atoms with Crippen LogP contribution in [-0.2, 0) is 0 Å². The van der Waals surface area contributed by atoms with E-state index in [9.17, 15) is 0 Å². The Morgan fingerprint density at radius 1 is 1.33 bits per heavy atom. The molecule has 0 N–H and O–H groups in total. The molecule has 3 heteroatoms. The Bertz CT molecular complexity index is 59.0. The van der Waals surface area contributed by atoms with Crippen molar-refractivity contribution in [3.8, 4) is 0 Å². The molecule has 0 saturated heterocycles. The number of rotatable bonds is 5. The normalized spacial score (nSPS) is 13.6. The van der Waals surface area contributed by atoms with Crippen LogP contribution >= 0.6 is 23.2 Å². The van der Waals surface area contributed by atoms with Gasteiger partial charge in [-0.15, -0.1) is 23.2 Å². The molecule has 0 bridgehead atoms. The Hall–Kier alpha value is 0.645. The molecule has 52 valence electrons. The van der Waals surface area contributed by atoms with Gasteiger partial charge in [-0.25, -0.2) is 0 Å². The van der Waals surface area contributed by atoms with Crippen LogP contribution in [0, 0.1) is 0 Å². The van der Waals surface area contributed by atoms with Crippen molar-refractivity contribution in [3.05, 3.63) is 0 Å². The first kappa shape index (κ1) is 9.64. The molecule has 0 amide bonds. The molecule has 9 heavy (non-hydrogen) atoms. The monoisotopic (exact) mass is 164 g/mol. The SMILES string of the molecule is [B]CC(Cl)CCCCCl. The van der Waals surface area contributed by atoms with Gasteiger partial charge in [0.05, 0.1) is 7.85 Å². The van der Waals surface area contributed by atoms with Gasteiger partial charge in [-0.1, -0.05) is 12.7 Å². The average Bonchev–Trinajstić information content (AvgIpc) is 1.89. The zero-order valence-electron chi connectivity index (χ0n) is 5.45. The lowest BCUT2D eigenvalue weighted by Crippen LogP contribution is -1.96. The van der Waals surface area contributed by atoms with Gasteiger partial charge >= 0.3 is 0 Å². The fraction of sp³-hybridized carbons (Fsp3) is 1.00. The first-order valence-electron chi connectivity index (χ1n) is 3.21. The van der Waals surface area contributed by atoms with E-state index in [2.05, 4.69) is 0 Å². The fourth-order valence-electron chi connectivity index (χ4n) is 0.578. The van der Waals surface area contributed by atoms with Crippen LogP contribution in [-0.4, -0.2) is 19.1 Å². The van der Waals surface area contributed by atoms with Crippen LogP contribution < -0.4 is 0 Å². The van der Waals surface area contributed by atoms with Crippen LogP contribution in [0.1, 0.15) is 19.3 Å². The molecule has 0 spiro atoms. The van der Waals surface area contributed by atoms with Crippen molar-refractivity contribution in [2.75, 3.05) is 5.88 Å². The van der Waals surface area contributed by atoms with Gasteiger partial charge in [-0.3, -0.25) is 0 Å². The highest BCUT2D eigenvalue weighted by molar-refractivity contribution is 6.25. The smallest absolute Gasteiger partial charge is 0.0672 e. The molecule has 0 aliphatic rings. The number of unbranched alkanes of at least 4 members (excludes halogenated alkanes) is 1. The zero-order chi connectivity index (χ0) is 7.11. The minimum absolute atomic E-state index is 0.146. The molecular formula is C6H11BCl2. The van der Waals surface area contributed by atoms with E-state index in [0.717, 1.165) is 25.1 Å². The molecule has 1 unspecified atom stereocenters. The number of hydrogen-bond acceptors (Lipinski definition) is 0. The quantitative estimate of drug-likeness (QED) is 0.333. The summed E-state index contributed by atoms with van der Waals surface area (Å²) in [7, 11) is 5.29. The first-order chi connectivity index (χ1) is 4.31. The summed E-state index contributed by atoms with van der Waals surface area (Å²) in [6, 6.07) is 0. The highest BCUT2D eigenvalue weighted by atomic mass is 35.5. The molecule has 0 saturated carbocycles. The molecular weight excluding hydrogens is 154 g/mol. The van der Waals surface area contributed by atoms with E-state index < -0.39 is 0 Å². The highest BCUT2D eigenvalue weighted by Gasteiger charge is 1.98. The van der Waals surface area contributed by atoms with Gasteiger partial charge in [-0.2, -0.15) is 0 Å². The molecule has 1 atom stereocenters. The molecule has 0 nitrogen and oxygen atoms in total. The highest BCUT2D eigenvalue weighted by Crippen LogP contribution is 2.10. The summed E-state index contributed by atoms with van der Waals surface area (Å²) in [5.41, 5.74) is 0. The number of hydrogen-bond donors (Lipinski definition) is 0. The van der Waals surface area contributed by atoms with Gasteiger partial charge < -0.3 is 0 Å². The maximum absolute atomic E-state index is 5.73. The third-order valence-electron chi connectivity index (χ3n) is 1.16. The average molecular weight is 165 g/mol. The summed E-state index contributed by atoms with van der Waals surface area (Å²) >= 11 is 11.2. The predicted molar refractivity (Wildman–Crippen MR) is 44.8 cm³/mol. The minimum atomic E-state index is 0.146. The third-order valence-corrected chi connectivity index (χ3v) is 1.82. The molecule has 0 aromatic rings. The predicted octanol–water partition coefficient (Wildman–Crippen LogP) is 2.59. The second-order valence-corrected chi connectivity index (χ2v) is 3.01. The van der Waals surface area contributed by atoms with Crippen molar-refractivity contribution in [1.82, 2.24) is 0 Å². The maximum atomic E-state index is 5.73. The summed E-state index contributed by atoms with van der Waals surface area (Å²) in [5.74, 6) is 0.730. The molecule has 2 radical (unpaired) electrons. The van der Waals surface area contributed by atoms with Gasteiger partial charge in [0.15, 0.2) is 0 Å². The van der Waals surface area contributed by atoms with Crippen molar-refractivity contribution < 1.29 is 0 Å². The van der Waals surface area contributed by atoms with E-state index >= 15 is 0 Å². The Labute approximate surface area is 68.3 Å². The van der Waals surface area contributed by atoms with Crippen molar-refractivity contribution in [1.29, 1.82) is 0 Å². The lowest BCUT2D eigenvalue weighted by Gasteiger charge is -2.03. The van der Waals surface area contributed by atoms with E-state index in [1.54, 1.807) is 0 Å². The Morgan fingerprint density at radius 3 is 2.44 bits per heavy atom. The fourth-order valence-corrected chi connectivity index (χ4v) is 0.921. The van der Waals surface area contributed by atoms with E-state index in [-0.39, 0.29) is 5.38 Å². The molecule has 0 aliphatic carbocycles. The Balaban J connectivity index is 2.88. The summed E-state index contributed by atoms with van der Waals surface area (Å²) in [6.07, 6.45) is 3.70. The summed E-state index contributed by atoms with van der Waals surface area (Å²) in [6.45, 7) is 0. The van der Waals surface area contributed by atoms with Gasteiger partial charge in [-0.05, 0) is 12.8 Å². The van der Waals surface area contributed by atoms with Crippen molar-refractivity contribution in [2.45, 2.75) is 31.0 Å². The zero-order valence-corrected chi connectivity index (χ0v) is 6.96. The van der Waals surface area contributed by atoms with E-state index in [1.165, 1.54) is 0 Å². The van der Waals surface area contributed by atoms with Crippen LogP contribution in [0.2, 0.25) is 6.32 Å². The largest absolute Gasteiger partial charge is 0.127 e. The lowest BCUT2D eigenvalue weighted by molar-refractivity contribution is 0.710. The molecule has 0 rings (SSSR count). The van der Waals surface area contributed by atoms with Gasteiger partial charge in [0.1, 0.15) is 0 Å². The Kier molecular flexibility index (Phi) is 7.25. The van der Waals surface area contributed by atoms with Crippen LogP contribution in [0.4, 0.5) is 0 Å². The molecule has 0 aromatic heterocycles. The van der Waals surface area contributed by atoms with Gasteiger partial charge in [0.25, 0.3) is 0 Å². The van der Waals surface area contributed by atoms with Crippen molar-refractivity contribution in [2.24, 2.45) is 0 Å². The molecule has 0 aromatic carbocycles. The summed E-state index contributed by atoms with van der Waals surface area (Å²) in [4.78, 5) is 0. The molecule has 0 heterocycles. The summed E-state index contributed by atoms with van der Waals surface area (Å²) in [5, 5.41) is 0.146. The van der Waals surface area contributed by atoms with Gasteiger partial charge in [0, 0.05) is 11.3 Å². The number of alkyl halides is 2. The van der Waals surface area contributed by atoms with Crippen LogP contribution in [0.5, 0.6) is 0 Å². The molecule has 0 fully saturated rings. The minimum Gasteiger partial charge on any atom is -0.127 e. The topological polar surface area (TPSA) is 0 Å². The second kappa shape index (κ2) is 6.76. The third kappa shape index (κ3) is 6.53. The second-order valence-electron chi connectivity index (χ2n) is 2.02. The van der Waals surface area contributed by atoms with E-state index in [1.807, 2.05) is 0 Å². The summed E-state index contributed by atoms with van der Waals surface area (Å²) < 4.78 is 0. The van der Waals surface area contributed by atoms with Crippen LogP contribution in [0.15, 0.2) is 0 Å². The number of halogens is 2.